The van der Waals surface area contributed by atoms with Crippen LogP contribution in [-0.4, -0.2) is 34.4 Å². The normalized spacial score (nSPS) is 12.2. The molecule has 0 spiro atoms. The lowest BCUT2D eigenvalue weighted by atomic mass is 10.3. The van der Waals surface area contributed by atoms with Crippen LogP contribution in [-0.2, 0) is 4.79 Å². The van der Waals surface area contributed by atoms with Gasteiger partial charge < -0.3 is 10.6 Å². The molecular weight excluding hydrogens is 280 g/mol. The topological polar surface area (TPSA) is 66.9 Å². The van der Waals surface area contributed by atoms with Gasteiger partial charge in [0.25, 0.3) is 0 Å². The molecule has 0 saturated heterocycles. The maximum absolute atomic E-state index is 11.7. The first-order valence-electron chi connectivity index (χ1n) is 6.69. The summed E-state index contributed by atoms with van der Waals surface area (Å²) in [6.45, 7) is 7.73. The van der Waals surface area contributed by atoms with Crippen LogP contribution in [0.3, 0.4) is 0 Å². The fourth-order valence-corrected chi connectivity index (χ4v) is 3.24. The van der Waals surface area contributed by atoms with Gasteiger partial charge in [-0.15, -0.1) is 10.2 Å². The van der Waals surface area contributed by atoms with Crippen LogP contribution in [0, 0.1) is 0 Å². The van der Waals surface area contributed by atoms with E-state index >= 15 is 0 Å². The van der Waals surface area contributed by atoms with Crippen LogP contribution in [0.1, 0.15) is 40.0 Å². The SMILES string of the molecule is CCCCNc1nnc(SC(C)C(=O)NCCC)s1. The number of anilines is 1. The molecule has 7 heteroatoms. The number of thioether (sulfide) groups is 1. The first-order valence-corrected chi connectivity index (χ1v) is 8.38. The number of carbonyl (C=O) groups excluding carboxylic acids is 1. The minimum atomic E-state index is -0.136. The Hall–Kier alpha value is -0.820. The summed E-state index contributed by atoms with van der Waals surface area (Å²) in [4.78, 5) is 11.7. The van der Waals surface area contributed by atoms with Gasteiger partial charge in [0, 0.05) is 13.1 Å². The van der Waals surface area contributed by atoms with Crippen molar-refractivity contribution in [2.45, 2.75) is 49.6 Å². The molecule has 0 radical (unpaired) electrons. The molecular formula is C12H22N4OS2. The number of amides is 1. The van der Waals surface area contributed by atoms with E-state index in [-0.39, 0.29) is 11.2 Å². The highest BCUT2D eigenvalue weighted by atomic mass is 32.2. The van der Waals surface area contributed by atoms with Gasteiger partial charge in [-0.25, -0.2) is 0 Å². The van der Waals surface area contributed by atoms with Gasteiger partial charge in [-0.2, -0.15) is 0 Å². The Balaban J connectivity index is 2.37. The number of nitrogens with zero attached hydrogens (tertiary/aromatic N) is 2. The molecule has 19 heavy (non-hydrogen) atoms. The molecule has 1 unspecified atom stereocenters. The van der Waals surface area contributed by atoms with Gasteiger partial charge >= 0.3 is 0 Å². The average molecular weight is 302 g/mol. The molecule has 1 amide bonds. The van der Waals surface area contributed by atoms with Gasteiger partial charge in [0.05, 0.1) is 5.25 Å². The van der Waals surface area contributed by atoms with Crippen LogP contribution in [0.25, 0.3) is 0 Å². The van der Waals surface area contributed by atoms with E-state index in [4.69, 9.17) is 0 Å². The fraction of sp³-hybridized carbons (Fsp3) is 0.750. The lowest BCUT2D eigenvalue weighted by molar-refractivity contribution is -0.120. The summed E-state index contributed by atoms with van der Waals surface area (Å²) in [5, 5.41) is 15.0. The molecule has 1 atom stereocenters. The van der Waals surface area contributed by atoms with Crippen molar-refractivity contribution in [2.24, 2.45) is 0 Å². The van der Waals surface area contributed by atoms with E-state index in [1.807, 2.05) is 13.8 Å². The van der Waals surface area contributed by atoms with E-state index in [1.165, 1.54) is 23.1 Å². The first kappa shape index (κ1) is 16.2. The summed E-state index contributed by atoms with van der Waals surface area (Å²) < 4.78 is 0.832. The standard InChI is InChI=1S/C12H22N4OS2/c1-4-6-8-14-11-15-16-12(19-11)18-9(3)10(17)13-7-5-2/h9H,4-8H2,1-3H3,(H,13,17)(H,14,15). The van der Waals surface area contributed by atoms with E-state index in [0.717, 1.165) is 41.8 Å². The first-order chi connectivity index (χ1) is 9.17. The number of rotatable bonds is 9. The zero-order valence-electron chi connectivity index (χ0n) is 11.7. The Kier molecular flexibility index (Phi) is 7.81. The molecule has 0 aliphatic rings. The van der Waals surface area contributed by atoms with Gasteiger partial charge in [0.15, 0.2) is 4.34 Å². The van der Waals surface area contributed by atoms with Gasteiger partial charge in [-0.1, -0.05) is 43.4 Å². The van der Waals surface area contributed by atoms with E-state index in [9.17, 15) is 4.79 Å². The van der Waals surface area contributed by atoms with Crippen molar-refractivity contribution in [2.75, 3.05) is 18.4 Å². The van der Waals surface area contributed by atoms with Crippen molar-refractivity contribution in [1.82, 2.24) is 15.5 Å². The molecule has 1 aromatic heterocycles. The summed E-state index contributed by atoms with van der Waals surface area (Å²) >= 11 is 2.96. The van der Waals surface area contributed by atoms with Crippen LogP contribution in [0.15, 0.2) is 4.34 Å². The van der Waals surface area contributed by atoms with Crippen LogP contribution in [0.4, 0.5) is 5.13 Å². The number of hydrogen-bond acceptors (Lipinski definition) is 6. The second kappa shape index (κ2) is 9.14. The van der Waals surface area contributed by atoms with Crippen LogP contribution < -0.4 is 10.6 Å². The molecule has 0 bridgehead atoms. The molecule has 1 heterocycles. The van der Waals surface area contributed by atoms with Crippen LogP contribution in [0.5, 0.6) is 0 Å². The molecule has 108 valence electrons. The maximum Gasteiger partial charge on any atom is 0.233 e. The molecule has 0 fully saturated rings. The third-order valence-electron chi connectivity index (χ3n) is 2.41. The predicted octanol–water partition coefficient (Wildman–Crippen LogP) is 2.76. The Morgan fingerprint density at radius 2 is 2.11 bits per heavy atom. The molecule has 0 aliphatic heterocycles. The lowest BCUT2D eigenvalue weighted by Gasteiger charge is -2.08. The molecule has 1 aromatic rings. The van der Waals surface area contributed by atoms with E-state index < -0.39 is 0 Å². The summed E-state index contributed by atoms with van der Waals surface area (Å²) in [5.74, 6) is 0.0579. The Morgan fingerprint density at radius 3 is 2.79 bits per heavy atom. The fourth-order valence-electron chi connectivity index (χ4n) is 1.30. The summed E-state index contributed by atoms with van der Waals surface area (Å²) in [5.41, 5.74) is 0. The minimum Gasteiger partial charge on any atom is -0.360 e. The highest BCUT2D eigenvalue weighted by Gasteiger charge is 2.16. The molecule has 0 aliphatic carbocycles. The Bertz CT molecular complexity index is 384. The number of unbranched alkanes of at least 4 members (excludes halogenated alkanes) is 1. The Labute approximate surface area is 123 Å². The lowest BCUT2D eigenvalue weighted by Crippen LogP contribution is -2.31. The minimum absolute atomic E-state index is 0.0579. The molecule has 0 saturated carbocycles. The third kappa shape index (κ3) is 6.24. The van der Waals surface area contributed by atoms with Crippen molar-refractivity contribution in [3.8, 4) is 0 Å². The number of aromatic nitrogens is 2. The summed E-state index contributed by atoms with van der Waals surface area (Å²) in [6, 6.07) is 0. The zero-order chi connectivity index (χ0) is 14.1. The van der Waals surface area contributed by atoms with Gasteiger partial charge in [-0.05, 0) is 19.8 Å². The highest BCUT2D eigenvalue weighted by molar-refractivity contribution is 8.02. The molecule has 5 nitrogen and oxygen atoms in total. The maximum atomic E-state index is 11.7. The highest BCUT2D eigenvalue weighted by Crippen LogP contribution is 2.28. The van der Waals surface area contributed by atoms with E-state index in [1.54, 1.807) is 0 Å². The largest absolute Gasteiger partial charge is 0.360 e. The smallest absolute Gasteiger partial charge is 0.233 e. The second-order valence-electron chi connectivity index (χ2n) is 4.20. The van der Waals surface area contributed by atoms with Crippen molar-refractivity contribution in [3.05, 3.63) is 0 Å². The van der Waals surface area contributed by atoms with Crippen molar-refractivity contribution >= 4 is 34.1 Å². The monoisotopic (exact) mass is 302 g/mol. The number of hydrogen-bond donors (Lipinski definition) is 2. The molecule has 2 N–H and O–H groups in total. The average Bonchev–Trinajstić information content (AvgIpc) is 2.83. The summed E-state index contributed by atoms with van der Waals surface area (Å²) in [6.07, 6.45) is 3.23. The van der Waals surface area contributed by atoms with E-state index in [0.29, 0.717) is 0 Å². The van der Waals surface area contributed by atoms with Gasteiger partial charge in [-0.3, -0.25) is 4.79 Å². The molecule has 1 rings (SSSR count). The second-order valence-corrected chi connectivity index (χ2v) is 6.77. The quantitative estimate of drug-likeness (QED) is 0.542. The Morgan fingerprint density at radius 1 is 1.32 bits per heavy atom. The van der Waals surface area contributed by atoms with Crippen molar-refractivity contribution < 1.29 is 4.79 Å². The van der Waals surface area contributed by atoms with Crippen LogP contribution >= 0.6 is 23.1 Å². The third-order valence-corrected chi connectivity index (χ3v) is 4.47. The van der Waals surface area contributed by atoms with Crippen molar-refractivity contribution in [1.29, 1.82) is 0 Å². The number of carbonyl (C=O) groups is 1. The molecule has 0 aromatic carbocycles. The van der Waals surface area contributed by atoms with Crippen molar-refractivity contribution in [3.63, 3.8) is 0 Å². The van der Waals surface area contributed by atoms with E-state index in [2.05, 4.69) is 27.8 Å². The van der Waals surface area contributed by atoms with Crippen LogP contribution in [0.2, 0.25) is 0 Å². The van der Waals surface area contributed by atoms with Gasteiger partial charge in [0.2, 0.25) is 11.0 Å². The number of nitrogens with one attached hydrogen (secondary N) is 2. The zero-order valence-corrected chi connectivity index (χ0v) is 13.4. The van der Waals surface area contributed by atoms with Gasteiger partial charge in [0.1, 0.15) is 0 Å². The summed E-state index contributed by atoms with van der Waals surface area (Å²) in [7, 11) is 0. The predicted molar refractivity (Wildman–Crippen MR) is 81.9 cm³/mol.